The van der Waals surface area contributed by atoms with Gasteiger partial charge >= 0.3 is 7.12 Å². The van der Waals surface area contributed by atoms with Crippen LogP contribution in [0, 0.1) is 12.8 Å². The molecule has 10 nitrogen and oxygen atoms in total. The van der Waals surface area contributed by atoms with Gasteiger partial charge in [-0.25, -0.2) is 0 Å². The maximum absolute atomic E-state index is 6.67. The Hall–Kier alpha value is -5.36. The van der Waals surface area contributed by atoms with Crippen LogP contribution in [0.5, 0.6) is 17.5 Å². The number of rotatable bonds is 16. The Morgan fingerprint density at radius 2 is 1.39 bits per heavy atom. The van der Waals surface area contributed by atoms with E-state index in [1.54, 1.807) is 0 Å². The number of aromatic nitrogens is 3. The number of piperazine rings is 1. The minimum absolute atomic E-state index is 0.262. The molecule has 4 heterocycles. The normalized spacial score (nSPS) is 20.1. The van der Waals surface area contributed by atoms with Crippen molar-refractivity contribution in [2.75, 3.05) is 31.1 Å². The molecule has 2 saturated heterocycles. The molecule has 1 atom stereocenters. The first kappa shape index (κ1) is 45.8. The molecule has 0 bridgehead atoms. The number of fused-ring (bicyclic) bond motifs is 1. The minimum Gasteiger partial charge on any atom is -0.490 e. The lowest BCUT2D eigenvalue weighted by molar-refractivity contribution is 0.00578. The fourth-order valence-electron chi connectivity index (χ4n) is 10.0. The average molecular weight is 890 g/mol. The van der Waals surface area contributed by atoms with Crippen LogP contribution in [0.15, 0.2) is 109 Å². The largest absolute Gasteiger partial charge is 0.495 e. The van der Waals surface area contributed by atoms with E-state index in [1.807, 2.05) is 60.3 Å². The van der Waals surface area contributed by atoms with Crippen LogP contribution in [0.2, 0.25) is 0 Å². The molecule has 0 spiro atoms. The van der Waals surface area contributed by atoms with Gasteiger partial charge in [-0.05, 0) is 120 Å². The molecule has 346 valence electrons. The van der Waals surface area contributed by atoms with Gasteiger partial charge in [-0.3, -0.25) is 9.58 Å². The third-order valence-electron chi connectivity index (χ3n) is 14.8. The van der Waals surface area contributed by atoms with Gasteiger partial charge in [-0.2, -0.15) is 10.1 Å². The van der Waals surface area contributed by atoms with Crippen LogP contribution < -0.4 is 24.6 Å². The van der Waals surface area contributed by atoms with Crippen molar-refractivity contribution in [2.45, 2.75) is 123 Å². The topological polar surface area (TPSA) is 83.3 Å². The Kier molecular flexibility index (Phi) is 13.8. The number of pyridine rings is 1. The predicted octanol–water partition coefficient (Wildman–Crippen LogP) is 10.7. The second-order valence-corrected chi connectivity index (χ2v) is 19.8. The first-order valence-electron chi connectivity index (χ1n) is 24.3. The van der Waals surface area contributed by atoms with E-state index in [9.17, 15) is 0 Å². The summed E-state index contributed by atoms with van der Waals surface area (Å²) in [6, 6.07) is 37.7. The van der Waals surface area contributed by atoms with Crippen molar-refractivity contribution in [1.29, 1.82) is 0 Å². The van der Waals surface area contributed by atoms with Crippen LogP contribution in [0.4, 0.5) is 5.69 Å². The highest BCUT2D eigenvalue weighted by Crippen LogP contribution is 2.40. The molecule has 0 N–H and O–H groups in total. The average Bonchev–Trinajstić information content (AvgIpc) is 3.78. The number of hydrogen-bond donors (Lipinski definition) is 0. The molecule has 11 heteroatoms. The Bertz CT molecular complexity index is 2530. The molecular weight excluding hydrogens is 821 g/mol. The zero-order valence-corrected chi connectivity index (χ0v) is 40.2. The monoisotopic (exact) mass is 890 g/mol. The van der Waals surface area contributed by atoms with E-state index in [0.717, 1.165) is 95.0 Å². The number of aryl methyl sites for hydroxylation is 1. The molecule has 4 aromatic carbocycles. The van der Waals surface area contributed by atoms with Crippen LogP contribution in [0.1, 0.15) is 96.3 Å². The van der Waals surface area contributed by atoms with Crippen molar-refractivity contribution in [3.63, 3.8) is 0 Å². The highest BCUT2D eigenvalue weighted by molar-refractivity contribution is 6.62. The van der Waals surface area contributed by atoms with Gasteiger partial charge in [0, 0.05) is 50.7 Å². The summed E-state index contributed by atoms with van der Waals surface area (Å²) in [5.41, 5.74) is 7.64. The van der Waals surface area contributed by atoms with Crippen LogP contribution in [-0.4, -0.2) is 76.3 Å². The van der Waals surface area contributed by atoms with Crippen LogP contribution in [0.3, 0.4) is 0 Å². The SMILES string of the molecule is Cc1c(OC2CCC(CCCC(C)N3CCN(c4cccc5c(-c6ccc(OCc7ccccc7)nc6OCc6ccccc6)nn(C)c45)CC3)CC2)cccc1B1OC(C)(C)C(C)(C)O1. The lowest BCUT2D eigenvalue weighted by Crippen LogP contribution is -2.49. The van der Waals surface area contributed by atoms with Crippen molar-refractivity contribution in [1.82, 2.24) is 19.7 Å². The van der Waals surface area contributed by atoms with Gasteiger partial charge in [0.2, 0.25) is 11.8 Å². The Balaban J connectivity index is 0.776. The molecule has 3 fully saturated rings. The van der Waals surface area contributed by atoms with Gasteiger partial charge < -0.3 is 28.4 Å². The van der Waals surface area contributed by atoms with Crippen molar-refractivity contribution in [3.05, 3.63) is 126 Å². The van der Waals surface area contributed by atoms with E-state index in [0.29, 0.717) is 31.0 Å². The van der Waals surface area contributed by atoms with E-state index in [-0.39, 0.29) is 24.4 Å². The lowest BCUT2D eigenvalue weighted by Gasteiger charge is -2.39. The fraction of sp³-hybridized carbons (Fsp3) is 0.455. The quantitative estimate of drug-likeness (QED) is 0.0882. The second-order valence-electron chi connectivity index (χ2n) is 19.8. The van der Waals surface area contributed by atoms with Crippen molar-refractivity contribution >= 4 is 29.2 Å². The summed E-state index contributed by atoms with van der Waals surface area (Å²) < 4.78 is 34.1. The molecule has 1 unspecified atom stereocenters. The fourth-order valence-corrected chi connectivity index (χ4v) is 10.0. The number of para-hydroxylation sites is 1. The molecule has 66 heavy (non-hydrogen) atoms. The van der Waals surface area contributed by atoms with E-state index in [1.165, 1.54) is 37.8 Å². The summed E-state index contributed by atoms with van der Waals surface area (Å²) in [4.78, 5) is 10.1. The van der Waals surface area contributed by atoms with E-state index >= 15 is 0 Å². The van der Waals surface area contributed by atoms with E-state index in [2.05, 4.69) is 112 Å². The number of benzene rings is 4. The van der Waals surface area contributed by atoms with Gasteiger partial charge in [-0.15, -0.1) is 0 Å². The Labute approximate surface area is 392 Å². The number of hydrogen-bond acceptors (Lipinski definition) is 9. The summed E-state index contributed by atoms with van der Waals surface area (Å²) in [7, 11) is 1.67. The zero-order valence-electron chi connectivity index (χ0n) is 40.2. The zero-order chi connectivity index (χ0) is 45.8. The smallest absolute Gasteiger partial charge is 0.490 e. The van der Waals surface area contributed by atoms with Gasteiger partial charge in [0.1, 0.15) is 24.7 Å². The van der Waals surface area contributed by atoms with E-state index < -0.39 is 0 Å². The summed E-state index contributed by atoms with van der Waals surface area (Å²) in [5, 5.41) is 6.21. The molecule has 2 aliphatic heterocycles. The Morgan fingerprint density at radius 1 is 0.742 bits per heavy atom. The van der Waals surface area contributed by atoms with Gasteiger partial charge in [0.25, 0.3) is 0 Å². The number of nitrogens with zero attached hydrogens (tertiary/aromatic N) is 5. The third-order valence-corrected chi connectivity index (χ3v) is 14.8. The van der Waals surface area contributed by atoms with E-state index in [4.69, 9.17) is 33.6 Å². The second kappa shape index (κ2) is 19.9. The molecule has 2 aromatic heterocycles. The third kappa shape index (κ3) is 10.1. The molecule has 0 radical (unpaired) electrons. The summed E-state index contributed by atoms with van der Waals surface area (Å²) in [6.07, 6.45) is 8.78. The van der Waals surface area contributed by atoms with Gasteiger partial charge in [0.15, 0.2) is 0 Å². The summed E-state index contributed by atoms with van der Waals surface area (Å²) >= 11 is 0. The van der Waals surface area contributed by atoms with Gasteiger partial charge in [0.05, 0.1) is 34.1 Å². The molecule has 1 saturated carbocycles. The molecule has 9 rings (SSSR count). The lowest BCUT2D eigenvalue weighted by atomic mass is 9.76. The van der Waals surface area contributed by atoms with Crippen LogP contribution in [0.25, 0.3) is 22.2 Å². The molecule has 1 aliphatic carbocycles. The predicted molar refractivity (Wildman–Crippen MR) is 266 cm³/mol. The first-order chi connectivity index (χ1) is 31.9. The first-order valence-corrected chi connectivity index (χ1v) is 24.3. The molecular formula is C55H68BN5O5. The standard InChI is InChI=1S/C55H68BN5O5/c1-39(17-14-22-41-27-29-44(30-28-41)64-49-26-16-24-47(40(49)2)56-65-54(3,4)55(5,6)66-56)60-33-35-61(36-34-60)48-25-15-23-45-51(58-59(7)52(45)48)46-31-32-50(62-37-42-18-10-8-11-19-42)57-53(46)63-38-43-20-12-9-13-21-43/h8-13,15-16,18-21,23-26,31-32,39,41,44H,14,17,22,27-30,33-38H2,1-7H3. The maximum atomic E-state index is 6.67. The summed E-state index contributed by atoms with van der Waals surface area (Å²) in [5.74, 6) is 2.76. The highest BCUT2D eigenvalue weighted by atomic mass is 16.7. The maximum Gasteiger partial charge on any atom is 0.495 e. The highest BCUT2D eigenvalue weighted by Gasteiger charge is 2.52. The van der Waals surface area contributed by atoms with Crippen molar-refractivity contribution in [2.24, 2.45) is 13.0 Å². The van der Waals surface area contributed by atoms with Crippen LogP contribution >= 0.6 is 0 Å². The molecule has 6 aromatic rings. The van der Waals surface area contributed by atoms with Crippen molar-refractivity contribution < 1.29 is 23.5 Å². The number of ether oxygens (including phenoxy) is 3. The van der Waals surface area contributed by atoms with Crippen LogP contribution in [-0.2, 0) is 29.6 Å². The summed E-state index contributed by atoms with van der Waals surface area (Å²) in [6.45, 7) is 17.9. The molecule has 0 amide bonds. The number of anilines is 1. The molecule has 3 aliphatic rings. The minimum atomic E-state index is -0.377. The van der Waals surface area contributed by atoms with Gasteiger partial charge in [-0.1, -0.05) is 97.8 Å². The Morgan fingerprint density at radius 3 is 2.08 bits per heavy atom. The van der Waals surface area contributed by atoms with Crippen molar-refractivity contribution in [3.8, 4) is 28.8 Å².